The largest absolute Gasteiger partial charge is 0.495 e. The number of methoxy groups -OCH3 is 1. The maximum absolute atomic E-state index is 6.02. The Morgan fingerprint density at radius 2 is 2.27 bits per heavy atom. The zero-order chi connectivity index (χ0) is 11.1. The van der Waals surface area contributed by atoms with Crippen molar-refractivity contribution in [2.45, 2.75) is 11.3 Å². The van der Waals surface area contributed by atoms with Crippen LogP contribution in [0.5, 0.6) is 5.75 Å². The summed E-state index contributed by atoms with van der Waals surface area (Å²) >= 11 is 7.83. The molecule has 1 N–H and O–H groups in total. The zero-order valence-corrected chi connectivity index (χ0v) is 10.6. The first-order valence-corrected chi connectivity index (χ1v) is 6.25. The minimum atomic E-state index is 0.677. The van der Waals surface area contributed by atoms with E-state index < -0.39 is 0 Å². The monoisotopic (exact) mass is 245 g/mol. The smallest absolute Gasteiger partial charge is 0.137 e. The maximum atomic E-state index is 6.02. The minimum absolute atomic E-state index is 0.677. The molecule has 0 aromatic heterocycles. The summed E-state index contributed by atoms with van der Waals surface area (Å²) in [5.41, 5.74) is 0. The molecule has 0 bridgehead atoms. The van der Waals surface area contributed by atoms with Gasteiger partial charge in [-0.15, -0.1) is 11.8 Å². The van der Waals surface area contributed by atoms with Crippen LogP contribution in [-0.2, 0) is 0 Å². The lowest BCUT2D eigenvalue weighted by atomic mass is 10.3. The van der Waals surface area contributed by atoms with Crippen LogP contribution >= 0.6 is 23.4 Å². The first kappa shape index (κ1) is 12.7. The molecule has 0 unspecified atom stereocenters. The highest BCUT2D eigenvalue weighted by molar-refractivity contribution is 7.99. The molecule has 4 heteroatoms. The molecular weight excluding hydrogens is 230 g/mol. The van der Waals surface area contributed by atoms with Crippen LogP contribution < -0.4 is 10.1 Å². The first-order chi connectivity index (χ1) is 7.27. The summed E-state index contributed by atoms with van der Waals surface area (Å²) < 4.78 is 5.09. The average molecular weight is 246 g/mol. The van der Waals surface area contributed by atoms with E-state index in [1.54, 1.807) is 7.11 Å². The van der Waals surface area contributed by atoms with E-state index in [2.05, 4.69) is 5.32 Å². The highest BCUT2D eigenvalue weighted by Gasteiger charge is 2.01. The van der Waals surface area contributed by atoms with E-state index in [1.165, 1.54) is 4.90 Å². The molecular formula is C11H16ClNOS. The van der Waals surface area contributed by atoms with Gasteiger partial charge in [0.05, 0.1) is 12.1 Å². The van der Waals surface area contributed by atoms with Crippen molar-refractivity contribution in [2.24, 2.45) is 0 Å². The van der Waals surface area contributed by atoms with Gasteiger partial charge in [-0.1, -0.05) is 11.6 Å². The minimum Gasteiger partial charge on any atom is -0.495 e. The number of nitrogens with one attached hydrogen (secondary N) is 1. The van der Waals surface area contributed by atoms with Gasteiger partial charge in [0.15, 0.2) is 0 Å². The number of rotatable bonds is 6. The standard InChI is InChI=1S/C11H16ClNOS/c1-13-6-3-7-15-9-4-5-11(14-2)10(12)8-9/h4-5,8,13H,3,6-7H2,1-2H3. The number of thioether (sulfide) groups is 1. The zero-order valence-electron chi connectivity index (χ0n) is 9.05. The van der Waals surface area contributed by atoms with Gasteiger partial charge < -0.3 is 10.1 Å². The van der Waals surface area contributed by atoms with Gasteiger partial charge in [0, 0.05) is 4.90 Å². The second kappa shape index (κ2) is 6.99. The van der Waals surface area contributed by atoms with Gasteiger partial charge in [0.1, 0.15) is 5.75 Å². The molecule has 0 aliphatic rings. The Morgan fingerprint density at radius 1 is 1.47 bits per heavy atom. The van der Waals surface area contributed by atoms with Gasteiger partial charge in [-0.3, -0.25) is 0 Å². The van der Waals surface area contributed by atoms with Crippen molar-refractivity contribution in [3.8, 4) is 5.75 Å². The third-order valence-electron chi connectivity index (χ3n) is 1.96. The molecule has 1 aromatic rings. The average Bonchev–Trinajstić information content (AvgIpc) is 2.25. The van der Waals surface area contributed by atoms with E-state index in [0.29, 0.717) is 5.02 Å². The predicted octanol–water partition coefficient (Wildman–Crippen LogP) is 3.05. The molecule has 0 atom stereocenters. The number of hydrogen-bond acceptors (Lipinski definition) is 3. The van der Waals surface area contributed by atoms with Crippen LogP contribution in [-0.4, -0.2) is 26.5 Å². The molecule has 0 aliphatic heterocycles. The Hall–Kier alpha value is -0.380. The van der Waals surface area contributed by atoms with Gasteiger partial charge in [-0.05, 0) is 44.0 Å². The summed E-state index contributed by atoms with van der Waals surface area (Å²) in [5.74, 6) is 1.83. The Labute approximate surface area is 100 Å². The summed E-state index contributed by atoms with van der Waals surface area (Å²) in [5, 5.41) is 3.80. The molecule has 0 fully saturated rings. The molecule has 84 valence electrons. The summed E-state index contributed by atoms with van der Waals surface area (Å²) in [6.45, 7) is 1.05. The van der Waals surface area contributed by atoms with Crippen LogP contribution in [0.2, 0.25) is 5.02 Å². The van der Waals surface area contributed by atoms with Crippen molar-refractivity contribution in [3.05, 3.63) is 23.2 Å². The molecule has 15 heavy (non-hydrogen) atoms. The van der Waals surface area contributed by atoms with Crippen molar-refractivity contribution < 1.29 is 4.74 Å². The summed E-state index contributed by atoms with van der Waals surface area (Å²) in [6.07, 6.45) is 1.16. The van der Waals surface area contributed by atoms with E-state index in [4.69, 9.17) is 16.3 Å². The second-order valence-corrected chi connectivity index (χ2v) is 4.68. The lowest BCUT2D eigenvalue weighted by Gasteiger charge is -2.05. The van der Waals surface area contributed by atoms with E-state index in [1.807, 2.05) is 37.0 Å². The molecule has 0 saturated carbocycles. The van der Waals surface area contributed by atoms with Crippen LogP contribution in [0.25, 0.3) is 0 Å². The van der Waals surface area contributed by atoms with Gasteiger partial charge in [0.25, 0.3) is 0 Å². The van der Waals surface area contributed by atoms with Crippen molar-refractivity contribution in [2.75, 3.05) is 26.5 Å². The number of benzene rings is 1. The van der Waals surface area contributed by atoms with Crippen molar-refractivity contribution in [3.63, 3.8) is 0 Å². The van der Waals surface area contributed by atoms with Crippen LogP contribution in [0.1, 0.15) is 6.42 Å². The fourth-order valence-corrected chi connectivity index (χ4v) is 2.39. The van der Waals surface area contributed by atoms with Gasteiger partial charge >= 0.3 is 0 Å². The summed E-state index contributed by atoms with van der Waals surface area (Å²) in [7, 11) is 3.59. The fraction of sp³-hybridized carbons (Fsp3) is 0.455. The number of ether oxygens (including phenoxy) is 1. The van der Waals surface area contributed by atoms with Crippen LogP contribution in [0, 0.1) is 0 Å². The summed E-state index contributed by atoms with van der Waals surface area (Å²) in [6, 6.07) is 5.89. The topological polar surface area (TPSA) is 21.3 Å². The summed E-state index contributed by atoms with van der Waals surface area (Å²) in [4.78, 5) is 1.19. The van der Waals surface area contributed by atoms with E-state index in [-0.39, 0.29) is 0 Å². The van der Waals surface area contributed by atoms with Crippen molar-refractivity contribution in [1.82, 2.24) is 5.32 Å². The Bertz CT molecular complexity index is 307. The third kappa shape index (κ3) is 4.33. The normalized spacial score (nSPS) is 10.3. The number of halogens is 1. The lowest BCUT2D eigenvalue weighted by molar-refractivity contribution is 0.414. The Balaban J connectivity index is 2.45. The van der Waals surface area contributed by atoms with E-state index in [9.17, 15) is 0 Å². The van der Waals surface area contributed by atoms with Gasteiger partial charge in [-0.25, -0.2) is 0 Å². The van der Waals surface area contributed by atoms with Crippen LogP contribution in [0.3, 0.4) is 0 Å². The highest BCUT2D eigenvalue weighted by atomic mass is 35.5. The van der Waals surface area contributed by atoms with Crippen LogP contribution in [0.15, 0.2) is 23.1 Å². The SMILES string of the molecule is CNCCCSc1ccc(OC)c(Cl)c1. The van der Waals surface area contributed by atoms with Gasteiger partial charge in [-0.2, -0.15) is 0 Å². The molecule has 1 rings (SSSR count). The highest BCUT2D eigenvalue weighted by Crippen LogP contribution is 2.29. The van der Waals surface area contributed by atoms with Crippen LogP contribution in [0.4, 0.5) is 0 Å². The molecule has 0 saturated heterocycles. The Morgan fingerprint density at radius 3 is 2.87 bits per heavy atom. The molecule has 0 aliphatic carbocycles. The Kier molecular flexibility index (Phi) is 5.91. The molecule has 0 radical (unpaired) electrons. The molecule has 0 amide bonds. The molecule has 0 heterocycles. The fourth-order valence-electron chi connectivity index (χ4n) is 1.18. The molecule has 2 nitrogen and oxygen atoms in total. The third-order valence-corrected chi connectivity index (χ3v) is 3.34. The van der Waals surface area contributed by atoms with Crippen molar-refractivity contribution in [1.29, 1.82) is 0 Å². The van der Waals surface area contributed by atoms with E-state index >= 15 is 0 Å². The molecule has 0 spiro atoms. The maximum Gasteiger partial charge on any atom is 0.137 e. The van der Waals surface area contributed by atoms with Crippen molar-refractivity contribution >= 4 is 23.4 Å². The van der Waals surface area contributed by atoms with Gasteiger partial charge in [0.2, 0.25) is 0 Å². The lowest BCUT2D eigenvalue weighted by Crippen LogP contribution is -2.07. The first-order valence-electron chi connectivity index (χ1n) is 4.89. The quantitative estimate of drug-likeness (QED) is 0.615. The second-order valence-electron chi connectivity index (χ2n) is 3.10. The molecule has 1 aromatic carbocycles. The predicted molar refractivity (Wildman–Crippen MR) is 67.3 cm³/mol. The number of hydrogen-bond donors (Lipinski definition) is 1. The van der Waals surface area contributed by atoms with E-state index in [0.717, 1.165) is 24.5 Å².